The molecule has 0 bridgehead atoms. The van der Waals surface area contributed by atoms with Gasteiger partial charge < -0.3 is 15.3 Å². The van der Waals surface area contributed by atoms with Gasteiger partial charge in [-0.3, -0.25) is 14.4 Å². The third-order valence-corrected chi connectivity index (χ3v) is 6.60. The van der Waals surface area contributed by atoms with Gasteiger partial charge in [0.2, 0.25) is 0 Å². The highest BCUT2D eigenvalue weighted by Crippen LogP contribution is 2.19. The van der Waals surface area contributed by atoms with Gasteiger partial charge in [0.1, 0.15) is 0 Å². The molecule has 0 fully saturated rings. The first kappa shape index (κ1) is 29.3. The Hall–Kier alpha value is -5.70. The molecule has 0 spiro atoms. The van der Waals surface area contributed by atoms with Crippen LogP contribution in [0.1, 0.15) is 78.8 Å². The molecular weight excluding hydrogens is 540 g/mol. The Labute approximate surface area is 239 Å². The van der Waals surface area contributed by atoms with Gasteiger partial charge in [-0.05, 0) is 71.3 Å². The van der Waals surface area contributed by atoms with Crippen molar-refractivity contribution in [3.63, 3.8) is 0 Å². The van der Waals surface area contributed by atoms with Gasteiger partial charge in [-0.2, -0.15) is 0 Å². The van der Waals surface area contributed by atoms with E-state index in [9.17, 15) is 28.8 Å². The van der Waals surface area contributed by atoms with Crippen molar-refractivity contribution in [1.82, 2.24) is 0 Å². The number of ketones is 3. The third-order valence-electron chi connectivity index (χ3n) is 6.60. The first-order valence-electron chi connectivity index (χ1n) is 12.7. The van der Waals surface area contributed by atoms with Crippen LogP contribution in [0.15, 0.2) is 91.0 Å². The lowest BCUT2D eigenvalue weighted by atomic mass is 9.92. The van der Waals surface area contributed by atoms with Crippen molar-refractivity contribution in [2.75, 3.05) is 0 Å². The Balaban J connectivity index is 1.63. The molecule has 0 radical (unpaired) electrons. The van der Waals surface area contributed by atoms with Gasteiger partial charge in [0.15, 0.2) is 17.3 Å². The van der Waals surface area contributed by atoms with Crippen LogP contribution in [-0.2, 0) is 19.3 Å². The van der Waals surface area contributed by atoms with Gasteiger partial charge in [-0.15, -0.1) is 0 Å². The summed E-state index contributed by atoms with van der Waals surface area (Å²) in [6, 6.07) is 21.6. The maximum absolute atomic E-state index is 13.3. The van der Waals surface area contributed by atoms with E-state index in [0.717, 1.165) is 0 Å². The number of hydrogen-bond acceptors (Lipinski definition) is 6. The van der Waals surface area contributed by atoms with Crippen LogP contribution in [0, 0.1) is 0 Å². The number of rotatable bonds is 12. The second-order valence-electron chi connectivity index (χ2n) is 9.61. The molecule has 4 rings (SSSR count). The zero-order valence-electron chi connectivity index (χ0n) is 22.1. The number of Topliss-reactive ketones (excluding diaryl/α,β-unsaturated/α-hetero) is 3. The van der Waals surface area contributed by atoms with Crippen LogP contribution in [0.5, 0.6) is 0 Å². The molecule has 0 aliphatic rings. The van der Waals surface area contributed by atoms with E-state index in [1.54, 1.807) is 0 Å². The lowest BCUT2D eigenvalue weighted by molar-refractivity contribution is 0.0686. The molecule has 3 N–H and O–H groups in total. The van der Waals surface area contributed by atoms with Crippen LogP contribution in [0.25, 0.3) is 0 Å². The SMILES string of the molecule is O=C(O)c1ccc(CC(=O)c2cc(C(=O)Cc3ccc(C(=O)O)cc3)cc(C(=O)Cc3ccc(C(=O)O)cc3)c2)cc1. The van der Waals surface area contributed by atoms with Gasteiger partial charge in [-0.1, -0.05) is 36.4 Å². The van der Waals surface area contributed by atoms with Crippen molar-refractivity contribution in [1.29, 1.82) is 0 Å². The monoisotopic (exact) mass is 564 g/mol. The summed E-state index contributed by atoms with van der Waals surface area (Å²) in [7, 11) is 0. The highest BCUT2D eigenvalue weighted by atomic mass is 16.4. The number of carboxylic acid groups (broad SMARTS) is 3. The fourth-order valence-corrected chi connectivity index (χ4v) is 4.27. The normalized spacial score (nSPS) is 10.6. The molecule has 0 atom stereocenters. The Bertz CT molecular complexity index is 1480. The van der Waals surface area contributed by atoms with Crippen molar-refractivity contribution in [2.45, 2.75) is 19.3 Å². The van der Waals surface area contributed by atoms with Crippen molar-refractivity contribution >= 4 is 35.3 Å². The van der Waals surface area contributed by atoms with E-state index >= 15 is 0 Å². The molecule has 0 aliphatic heterocycles. The number of aromatic carboxylic acids is 3. The van der Waals surface area contributed by atoms with Gasteiger partial charge >= 0.3 is 17.9 Å². The minimum atomic E-state index is -1.10. The molecule has 0 aliphatic carbocycles. The van der Waals surface area contributed by atoms with E-state index in [1.807, 2.05) is 0 Å². The highest BCUT2D eigenvalue weighted by molar-refractivity contribution is 6.07. The van der Waals surface area contributed by atoms with Gasteiger partial charge in [0.25, 0.3) is 0 Å². The predicted molar refractivity (Wildman–Crippen MR) is 151 cm³/mol. The molecule has 210 valence electrons. The van der Waals surface area contributed by atoms with Crippen LogP contribution in [0.4, 0.5) is 0 Å². The van der Waals surface area contributed by atoms with Crippen LogP contribution >= 0.6 is 0 Å². The smallest absolute Gasteiger partial charge is 0.335 e. The fraction of sp³-hybridized carbons (Fsp3) is 0.0909. The average molecular weight is 565 g/mol. The summed E-state index contributed by atoms with van der Waals surface area (Å²) in [5, 5.41) is 27.3. The average Bonchev–Trinajstić information content (AvgIpc) is 2.97. The number of hydrogen-bond donors (Lipinski definition) is 3. The van der Waals surface area contributed by atoms with Crippen molar-refractivity contribution in [3.05, 3.63) is 141 Å². The van der Waals surface area contributed by atoms with E-state index < -0.39 is 35.3 Å². The van der Waals surface area contributed by atoms with Crippen LogP contribution in [0.2, 0.25) is 0 Å². The Morgan fingerprint density at radius 1 is 0.357 bits per heavy atom. The number of carbonyl (C=O) groups is 6. The molecule has 0 saturated heterocycles. The fourth-order valence-electron chi connectivity index (χ4n) is 4.27. The van der Waals surface area contributed by atoms with Crippen molar-refractivity contribution in [2.24, 2.45) is 0 Å². The topological polar surface area (TPSA) is 163 Å². The van der Waals surface area contributed by atoms with Crippen LogP contribution in [0.3, 0.4) is 0 Å². The van der Waals surface area contributed by atoms with E-state index in [0.29, 0.717) is 16.7 Å². The van der Waals surface area contributed by atoms with E-state index in [4.69, 9.17) is 15.3 Å². The Kier molecular flexibility index (Phi) is 8.82. The quantitative estimate of drug-likeness (QED) is 0.200. The zero-order chi connectivity index (χ0) is 30.4. The second-order valence-corrected chi connectivity index (χ2v) is 9.61. The molecule has 0 amide bonds. The summed E-state index contributed by atoms with van der Waals surface area (Å²) in [5.41, 5.74) is 2.21. The summed E-state index contributed by atoms with van der Waals surface area (Å²) in [5.74, 6) is -4.47. The largest absolute Gasteiger partial charge is 0.478 e. The summed E-state index contributed by atoms with van der Waals surface area (Å²) >= 11 is 0. The molecule has 0 unspecified atom stereocenters. The molecule has 4 aromatic rings. The van der Waals surface area contributed by atoms with Gasteiger partial charge in [0.05, 0.1) is 16.7 Å². The summed E-state index contributed by atoms with van der Waals surface area (Å²) < 4.78 is 0. The molecular formula is C33H24O9. The second kappa shape index (κ2) is 12.6. The Morgan fingerprint density at radius 3 is 0.762 bits per heavy atom. The van der Waals surface area contributed by atoms with Crippen LogP contribution in [-0.4, -0.2) is 50.6 Å². The molecule has 0 saturated carbocycles. The Morgan fingerprint density at radius 2 is 0.571 bits per heavy atom. The van der Waals surface area contributed by atoms with E-state index in [1.165, 1.54) is 91.0 Å². The minimum Gasteiger partial charge on any atom is -0.478 e. The van der Waals surface area contributed by atoms with E-state index in [2.05, 4.69) is 0 Å². The maximum Gasteiger partial charge on any atom is 0.335 e. The minimum absolute atomic E-state index is 0.0689. The van der Waals surface area contributed by atoms with Gasteiger partial charge in [0, 0.05) is 36.0 Å². The first-order valence-corrected chi connectivity index (χ1v) is 12.7. The van der Waals surface area contributed by atoms with Crippen LogP contribution < -0.4 is 0 Å². The van der Waals surface area contributed by atoms with E-state index in [-0.39, 0.29) is 52.6 Å². The number of carbonyl (C=O) groups excluding carboxylic acids is 3. The third kappa shape index (κ3) is 7.28. The summed E-state index contributed by atoms with van der Waals surface area (Å²) in [4.78, 5) is 73.1. The van der Waals surface area contributed by atoms with Gasteiger partial charge in [-0.25, -0.2) is 14.4 Å². The molecule has 9 nitrogen and oxygen atoms in total. The summed E-state index contributed by atoms with van der Waals surface area (Å²) in [6.45, 7) is 0. The predicted octanol–water partition coefficient (Wildman–Crippen LogP) is 5.06. The standard InChI is InChI=1S/C33H24O9/c34-28(13-19-1-7-22(8-2-19)31(37)38)25-16-26(29(35)14-20-3-9-23(10-4-20)32(39)40)18-27(17-25)30(36)15-21-5-11-24(12-6-21)33(41)42/h1-12,16-18H,13-15H2,(H,37,38)(H,39,40)(H,41,42). The molecule has 0 aromatic heterocycles. The highest BCUT2D eigenvalue weighted by Gasteiger charge is 2.18. The molecule has 0 heterocycles. The van der Waals surface area contributed by atoms with Crippen molar-refractivity contribution in [3.8, 4) is 0 Å². The molecule has 4 aromatic carbocycles. The number of carboxylic acids is 3. The lowest BCUT2D eigenvalue weighted by Gasteiger charge is -2.10. The number of benzene rings is 4. The lowest BCUT2D eigenvalue weighted by Crippen LogP contribution is -2.12. The first-order chi connectivity index (χ1) is 20.0. The van der Waals surface area contributed by atoms with Crippen molar-refractivity contribution < 1.29 is 44.1 Å². The maximum atomic E-state index is 13.3. The molecule has 42 heavy (non-hydrogen) atoms. The summed E-state index contributed by atoms with van der Waals surface area (Å²) in [6.07, 6.45) is -0.296. The molecule has 9 heteroatoms. The zero-order valence-corrected chi connectivity index (χ0v) is 22.1.